The molecule has 6 nitrogen and oxygen atoms in total. The van der Waals surface area contributed by atoms with E-state index in [1.807, 2.05) is 31.3 Å². The number of ether oxygens (including phenoxy) is 2. The van der Waals surface area contributed by atoms with Gasteiger partial charge in [0.1, 0.15) is 12.4 Å². The van der Waals surface area contributed by atoms with Crippen molar-refractivity contribution in [3.63, 3.8) is 0 Å². The summed E-state index contributed by atoms with van der Waals surface area (Å²) in [4.78, 5) is 14.4. The largest absolute Gasteiger partial charge is 0.491 e. The van der Waals surface area contributed by atoms with Gasteiger partial charge >= 0.3 is 0 Å². The second-order valence-electron chi connectivity index (χ2n) is 6.13. The number of amides is 1. The molecule has 0 aromatic heterocycles. The molecule has 0 bridgehead atoms. The predicted molar refractivity (Wildman–Crippen MR) is 94.2 cm³/mol. The van der Waals surface area contributed by atoms with Crippen LogP contribution in [0.25, 0.3) is 0 Å². The van der Waals surface area contributed by atoms with Crippen molar-refractivity contribution >= 4 is 5.91 Å². The second-order valence-corrected chi connectivity index (χ2v) is 6.13. The number of piperidine rings is 1. The lowest BCUT2D eigenvalue weighted by Gasteiger charge is -2.31. The van der Waals surface area contributed by atoms with E-state index in [4.69, 9.17) is 9.47 Å². The van der Waals surface area contributed by atoms with Crippen LogP contribution in [0.4, 0.5) is 0 Å². The lowest BCUT2D eigenvalue weighted by Crippen LogP contribution is -2.47. The van der Waals surface area contributed by atoms with Gasteiger partial charge in [-0.25, -0.2) is 0 Å². The van der Waals surface area contributed by atoms with E-state index in [2.05, 4.69) is 15.5 Å². The maximum Gasteiger partial charge on any atom is 0.234 e. The van der Waals surface area contributed by atoms with Gasteiger partial charge in [0.05, 0.1) is 13.2 Å². The highest BCUT2D eigenvalue weighted by atomic mass is 16.5. The van der Waals surface area contributed by atoms with Crippen LogP contribution >= 0.6 is 0 Å². The average Bonchev–Trinajstić information content (AvgIpc) is 2.61. The molecule has 0 saturated carbocycles. The van der Waals surface area contributed by atoms with Crippen LogP contribution in [0.5, 0.6) is 5.75 Å². The zero-order valence-electron chi connectivity index (χ0n) is 14.7. The Labute approximate surface area is 144 Å². The van der Waals surface area contributed by atoms with Gasteiger partial charge in [-0.1, -0.05) is 12.1 Å². The van der Waals surface area contributed by atoms with Gasteiger partial charge in [0.15, 0.2) is 0 Å². The summed E-state index contributed by atoms with van der Waals surface area (Å²) in [5, 5.41) is 6.29. The Balaban J connectivity index is 1.74. The average molecular weight is 335 g/mol. The fourth-order valence-electron chi connectivity index (χ4n) is 2.88. The van der Waals surface area contributed by atoms with Gasteiger partial charge in [-0.2, -0.15) is 0 Å². The van der Waals surface area contributed by atoms with E-state index >= 15 is 0 Å². The number of hydrogen-bond donors (Lipinski definition) is 2. The third-order valence-electron chi connectivity index (χ3n) is 4.23. The molecule has 134 valence electrons. The number of carbonyl (C=O) groups is 1. The standard InChI is InChI=1S/C18H29N3O3/c1-19-16-6-4-8-21(13-16)14-18(22)20-12-15-5-3-7-17(11-15)24-10-9-23-2/h3,5,7,11,16,19H,4,6,8-10,12-14H2,1-2H3,(H,20,22). The first-order valence-electron chi connectivity index (χ1n) is 8.58. The summed E-state index contributed by atoms with van der Waals surface area (Å²) in [5.74, 6) is 0.865. The van der Waals surface area contributed by atoms with E-state index < -0.39 is 0 Å². The van der Waals surface area contributed by atoms with E-state index in [1.54, 1.807) is 7.11 Å². The number of hydrogen-bond acceptors (Lipinski definition) is 5. The summed E-state index contributed by atoms with van der Waals surface area (Å²) in [7, 11) is 3.63. The first-order valence-corrected chi connectivity index (χ1v) is 8.58. The van der Waals surface area contributed by atoms with Crippen molar-refractivity contribution in [3.05, 3.63) is 29.8 Å². The molecule has 1 aromatic rings. The lowest BCUT2D eigenvalue weighted by molar-refractivity contribution is -0.122. The molecule has 1 heterocycles. The molecule has 1 atom stereocenters. The third-order valence-corrected chi connectivity index (χ3v) is 4.23. The molecule has 1 aromatic carbocycles. The number of likely N-dealkylation sites (tertiary alicyclic amines) is 1. The molecule has 2 rings (SSSR count). The molecule has 1 aliphatic rings. The van der Waals surface area contributed by atoms with Crippen LogP contribution in [0, 0.1) is 0 Å². The molecule has 0 aliphatic carbocycles. The molecule has 1 aliphatic heterocycles. The van der Waals surface area contributed by atoms with Gasteiger partial charge in [0, 0.05) is 26.2 Å². The highest BCUT2D eigenvalue weighted by Crippen LogP contribution is 2.13. The molecule has 1 unspecified atom stereocenters. The molecule has 1 amide bonds. The Morgan fingerprint density at radius 1 is 1.38 bits per heavy atom. The molecule has 1 fully saturated rings. The van der Waals surface area contributed by atoms with Gasteiger partial charge in [-0.15, -0.1) is 0 Å². The Kier molecular flexibility index (Phi) is 8.01. The molecule has 6 heteroatoms. The Hall–Kier alpha value is -1.63. The van der Waals surface area contributed by atoms with Gasteiger partial charge in [-0.05, 0) is 44.1 Å². The minimum atomic E-state index is 0.0671. The predicted octanol–water partition coefficient (Wildman–Crippen LogP) is 1.01. The van der Waals surface area contributed by atoms with Gasteiger partial charge < -0.3 is 20.1 Å². The third kappa shape index (κ3) is 6.47. The summed E-state index contributed by atoms with van der Waals surface area (Å²) >= 11 is 0. The minimum Gasteiger partial charge on any atom is -0.491 e. The van der Waals surface area contributed by atoms with E-state index in [0.717, 1.165) is 30.8 Å². The molecule has 2 N–H and O–H groups in total. The summed E-state index contributed by atoms with van der Waals surface area (Å²) in [5.41, 5.74) is 1.03. The second kappa shape index (κ2) is 10.3. The topological polar surface area (TPSA) is 62.8 Å². The van der Waals surface area contributed by atoms with E-state index in [1.165, 1.54) is 6.42 Å². The molecule has 0 spiro atoms. The van der Waals surface area contributed by atoms with Crippen LogP contribution in [0.15, 0.2) is 24.3 Å². The molecule has 0 radical (unpaired) electrons. The van der Waals surface area contributed by atoms with E-state index in [-0.39, 0.29) is 5.91 Å². The van der Waals surface area contributed by atoms with Crippen molar-refractivity contribution in [1.82, 2.24) is 15.5 Å². The van der Waals surface area contributed by atoms with Crippen molar-refractivity contribution in [1.29, 1.82) is 0 Å². The lowest BCUT2D eigenvalue weighted by atomic mass is 10.1. The zero-order chi connectivity index (χ0) is 17.2. The molecular formula is C18H29N3O3. The molecule has 24 heavy (non-hydrogen) atoms. The van der Waals surface area contributed by atoms with Crippen LogP contribution in [0.2, 0.25) is 0 Å². The van der Waals surface area contributed by atoms with Crippen LogP contribution in [-0.2, 0) is 16.1 Å². The fourth-order valence-corrected chi connectivity index (χ4v) is 2.88. The monoisotopic (exact) mass is 335 g/mol. The SMILES string of the molecule is CNC1CCCN(CC(=O)NCc2cccc(OCCOC)c2)C1. The maximum absolute atomic E-state index is 12.2. The first-order chi connectivity index (χ1) is 11.7. The first kappa shape index (κ1) is 18.7. The summed E-state index contributed by atoms with van der Waals surface area (Å²) in [6.45, 7) is 3.99. The van der Waals surface area contributed by atoms with Gasteiger partial charge in [0.2, 0.25) is 5.91 Å². The van der Waals surface area contributed by atoms with Crippen molar-refractivity contribution in [2.24, 2.45) is 0 Å². The molecular weight excluding hydrogens is 306 g/mol. The number of nitrogens with one attached hydrogen (secondary N) is 2. The van der Waals surface area contributed by atoms with Crippen LogP contribution in [-0.4, -0.2) is 63.9 Å². The van der Waals surface area contributed by atoms with Crippen molar-refractivity contribution < 1.29 is 14.3 Å². The molecule has 1 saturated heterocycles. The van der Waals surface area contributed by atoms with Crippen LogP contribution in [0.3, 0.4) is 0 Å². The van der Waals surface area contributed by atoms with Gasteiger partial charge in [0.25, 0.3) is 0 Å². The fraction of sp³-hybridized carbons (Fsp3) is 0.611. The highest BCUT2D eigenvalue weighted by Gasteiger charge is 2.20. The Morgan fingerprint density at radius 2 is 2.25 bits per heavy atom. The highest BCUT2D eigenvalue weighted by molar-refractivity contribution is 5.78. The van der Waals surface area contributed by atoms with E-state index in [0.29, 0.717) is 32.3 Å². The number of nitrogens with zero attached hydrogens (tertiary/aromatic N) is 1. The number of rotatable bonds is 9. The number of likely N-dealkylation sites (N-methyl/N-ethyl adjacent to an activating group) is 1. The summed E-state index contributed by atoms with van der Waals surface area (Å²) < 4.78 is 10.6. The smallest absolute Gasteiger partial charge is 0.234 e. The number of carbonyl (C=O) groups excluding carboxylic acids is 1. The maximum atomic E-state index is 12.2. The Morgan fingerprint density at radius 3 is 3.04 bits per heavy atom. The van der Waals surface area contributed by atoms with Crippen molar-refractivity contribution in [3.8, 4) is 5.75 Å². The van der Waals surface area contributed by atoms with Crippen molar-refractivity contribution in [2.45, 2.75) is 25.4 Å². The normalized spacial score (nSPS) is 18.3. The summed E-state index contributed by atoms with van der Waals surface area (Å²) in [6, 6.07) is 8.28. The Bertz CT molecular complexity index is 510. The quantitative estimate of drug-likeness (QED) is 0.660. The van der Waals surface area contributed by atoms with Gasteiger partial charge in [-0.3, -0.25) is 9.69 Å². The number of methoxy groups -OCH3 is 1. The number of benzene rings is 1. The summed E-state index contributed by atoms with van der Waals surface area (Å²) in [6.07, 6.45) is 2.32. The van der Waals surface area contributed by atoms with Crippen molar-refractivity contribution in [2.75, 3.05) is 47.0 Å². The zero-order valence-corrected chi connectivity index (χ0v) is 14.7. The van der Waals surface area contributed by atoms with Crippen LogP contribution in [0.1, 0.15) is 18.4 Å². The van der Waals surface area contributed by atoms with E-state index in [9.17, 15) is 4.79 Å². The van der Waals surface area contributed by atoms with Crippen LogP contribution < -0.4 is 15.4 Å². The minimum absolute atomic E-state index is 0.0671.